The molecule has 0 unspecified atom stereocenters. The van der Waals surface area contributed by atoms with Crippen molar-refractivity contribution in [1.82, 2.24) is 10.2 Å². The van der Waals surface area contributed by atoms with Crippen molar-refractivity contribution in [2.75, 3.05) is 11.9 Å². The molecule has 0 spiro atoms. The van der Waals surface area contributed by atoms with E-state index < -0.39 is 12.1 Å². The van der Waals surface area contributed by atoms with Crippen LogP contribution in [-0.2, 0) is 17.8 Å². The van der Waals surface area contributed by atoms with Crippen LogP contribution in [0.25, 0.3) is 0 Å². The largest absolute Gasteiger partial charge is 0.336 e. The van der Waals surface area contributed by atoms with E-state index in [1.54, 1.807) is 36.1 Å². The molecule has 6 heteroatoms. The lowest BCUT2D eigenvalue weighted by Gasteiger charge is -2.31. The summed E-state index contributed by atoms with van der Waals surface area (Å²) in [5, 5.41) is 5.98. The second kappa shape index (κ2) is 7.57. The van der Waals surface area contributed by atoms with Gasteiger partial charge >= 0.3 is 6.03 Å². The standard InChI is InChI=1S/C19H20ClN3O2/c1-13(21-19(25)22-17-8-6-16(20)7-9-17)18(24)23-11-10-14-4-2-3-5-15(14)12-23/h2-9,13H,10-12H2,1H3,(H2,21,22,25)/t13-/m0/s1. The first kappa shape index (κ1) is 17.3. The average Bonchev–Trinajstić information content (AvgIpc) is 2.62. The third kappa shape index (κ3) is 4.31. The number of fused-ring (bicyclic) bond motifs is 1. The molecule has 0 aliphatic carbocycles. The fraction of sp³-hybridized carbons (Fsp3) is 0.263. The Morgan fingerprint density at radius 2 is 1.76 bits per heavy atom. The molecule has 1 aliphatic rings. The van der Waals surface area contributed by atoms with Crippen molar-refractivity contribution in [3.63, 3.8) is 0 Å². The number of hydrogen-bond acceptors (Lipinski definition) is 2. The Morgan fingerprint density at radius 3 is 2.48 bits per heavy atom. The van der Waals surface area contributed by atoms with Gasteiger partial charge in [0.05, 0.1) is 0 Å². The lowest BCUT2D eigenvalue weighted by atomic mass is 9.99. The molecule has 0 fully saturated rings. The number of halogens is 1. The van der Waals surface area contributed by atoms with Gasteiger partial charge in [-0.3, -0.25) is 4.79 Å². The van der Waals surface area contributed by atoms with Crippen molar-refractivity contribution < 1.29 is 9.59 Å². The van der Waals surface area contributed by atoms with E-state index in [4.69, 9.17) is 11.6 Å². The van der Waals surface area contributed by atoms with E-state index in [0.717, 1.165) is 6.42 Å². The molecule has 0 aromatic heterocycles. The number of nitrogens with one attached hydrogen (secondary N) is 2. The Morgan fingerprint density at radius 1 is 1.08 bits per heavy atom. The molecule has 0 saturated carbocycles. The monoisotopic (exact) mass is 357 g/mol. The second-order valence-electron chi connectivity index (χ2n) is 6.11. The van der Waals surface area contributed by atoms with Gasteiger partial charge in [0.15, 0.2) is 0 Å². The molecule has 1 heterocycles. The summed E-state index contributed by atoms with van der Waals surface area (Å²) in [6.45, 7) is 2.95. The molecular formula is C19H20ClN3O2. The lowest BCUT2D eigenvalue weighted by molar-refractivity contribution is -0.133. The smallest absolute Gasteiger partial charge is 0.319 e. The zero-order valence-electron chi connectivity index (χ0n) is 14.0. The Balaban J connectivity index is 1.56. The lowest BCUT2D eigenvalue weighted by Crippen LogP contribution is -2.49. The molecule has 5 nitrogen and oxygen atoms in total. The minimum atomic E-state index is -0.599. The van der Waals surface area contributed by atoms with E-state index in [9.17, 15) is 9.59 Å². The highest BCUT2D eigenvalue weighted by atomic mass is 35.5. The number of benzene rings is 2. The minimum Gasteiger partial charge on any atom is -0.336 e. The van der Waals surface area contributed by atoms with E-state index in [-0.39, 0.29) is 5.91 Å². The summed E-state index contributed by atoms with van der Waals surface area (Å²) >= 11 is 5.82. The molecule has 2 aromatic carbocycles. The van der Waals surface area contributed by atoms with Crippen LogP contribution < -0.4 is 10.6 Å². The van der Waals surface area contributed by atoms with E-state index in [1.807, 2.05) is 18.2 Å². The van der Waals surface area contributed by atoms with Gasteiger partial charge in [-0.15, -0.1) is 0 Å². The van der Waals surface area contributed by atoms with Crippen molar-refractivity contribution in [2.24, 2.45) is 0 Å². The van der Waals surface area contributed by atoms with E-state index in [2.05, 4.69) is 16.7 Å². The van der Waals surface area contributed by atoms with Crippen LogP contribution in [0, 0.1) is 0 Å². The number of amides is 3. The Hall–Kier alpha value is -2.53. The maximum atomic E-state index is 12.6. The highest BCUT2D eigenvalue weighted by molar-refractivity contribution is 6.30. The van der Waals surface area contributed by atoms with Crippen LogP contribution in [0.5, 0.6) is 0 Å². The van der Waals surface area contributed by atoms with Crippen LogP contribution in [0.15, 0.2) is 48.5 Å². The van der Waals surface area contributed by atoms with Gasteiger partial charge in [-0.2, -0.15) is 0 Å². The molecule has 2 N–H and O–H groups in total. The van der Waals surface area contributed by atoms with Gasteiger partial charge in [0, 0.05) is 23.8 Å². The third-order valence-corrected chi connectivity index (χ3v) is 4.51. The van der Waals surface area contributed by atoms with Crippen LogP contribution in [-0.4, -0.2) is 29.4 Å². The molecule has 0 saturated heterocycles. The number of hydrogen-bond donors (Lipinski definition) is 2. The van der Waals surface area contributed by atoms with Gasteiger partial charge in [0.25, 0.3) is 0 Å². The van der Waals surface area contributed by atoms with Crippen LogP contribution >= 0.6 is 11.6 Å². The predicted molar refractivity (Wildman–Crippen MR) is 98.6 cm³/mol. The van der Waals surface area contributed by atoms with Crippen molar-refractivity contribution >= 4 is 29.2 Å². The summed E-state index contributed by atoms with van der Waals surface area (Å²) in [6, 6.07) is 13.9. The Bertz CT molecular complexity index is 776. The highest BCUT2D eigenvalue weighted by Crippen LogP contribution is 2.19. The summed E-state index contributed by atoms with van der Waals surface area (Å²) in [5.74, 6) is -0.0826. The van der Waals surface area contributed by atoms with Crippen molar-refractivity contribution in [2.45, 2.75) is 25.9 Å². The topological polar surface area (TPSA) is 61.4 Å². The third-order valence-electron chi connectivity index (χ3n) is 4.26. The zero-order chi connectivity index (χ0) is 17.8. The molecule has 0 bridgehead atoms. The molecule has 1 aliphatic heterocycles. The van der Waals surface area contributed by atoms with Gasteiger partial charge in [-0.25, -0.2) is 4.79 Å². The molecule has 2 aromatic rings. The zero-order valence-corrected chi connectivity index (χ0v) is 14.7. The van der Waals surface area contributed by atoms with Crippen LogP contribution in [0.2, 0.25) is 5.02 Å². The molecule has 25 heavy (non-hydrogen) atoms. The Kier molecular flexibility index (Phi) is 5.24. The summed E-state index contributed by atoms with van der Waals surface area (Å²) < 4.78 is 0. The van der Waals surface area contributed by atoms with E-state index in [0.29, 0.717) is 23.8 Å². The van der Waals surface area contributed by atoms with Gasteiger partial charge in [-0.1, -0.05) is 35.9 Å². The summed E-state index contributed by atoms with van der Waals surface area (Å²) in [5.41, 5.74) is 3.07. The molecule has 3 rings (SSSR count). The fourth-order valence-corrected chi connectivity index (χ4v) is 3.04. The highest BCUT2D eigenvalue weighted by Gasteiger charge is 2.25. The van der Waals surface area contributed by atoms with Gasteiger partial charge in [0.2, 0.25) is 5.91 Å². The predicted octanol–water partition coefficient (Wildman–Crippen LogP) is 3.43. The number of carbonyl (C=O) groups is 2. The van der Waals surface area contributed by atoms with Crippen molar-refractivity contribution in [3.8, 4) is 0 Å². The number of urea groups is 1. The van der Waals surface area contributed by atoms with Crippen LogP contribution in [0.1, 0.15) is 18.1 Å². The Labute approximate surface area is 152 Å². The van der Waals surface area contributed by atoms with Crippen molar-refractivity contribution in [3.05, 3.63) is 64.7 Å². The summed E-state index contributed by atoms with van der Waals surface area (Å²) in [6.07, 6.45) is 0.839. The summed E-state index contributed by atoms with van der Waals surface area (Å²) in [7, 11) is 0. The quantitative estimate of drug-likeness (QED) is 0.884. The van der Waals surface area contributed by atoms with Crippen LogP contribution in [0.3, 0.4) is 0 Å². The normalized spacial score (nSPS) is 14.4. The summed E-state index contributed by atoms with van der Waals surface area (Å²) in [4.78, 5) is 26.5. The molecule has 3 amide bonds. The van der Waals surface area contributed by atoms with E-state index >= 15 is 0 Å². The maximum Gasteiger partial charge on any atom is 0.319 e. The van der Waals surface area contributed by atoms with Gasteiger partial charge < -0.3 is 15.5 Å². The molecular weight excluding hydrogens is 338 g/mol. The first-order valence-electron chi connectivity index (χ1n) is 8.21. The van der Waals surface area contributed by atoms with Crippen LogP contribution in [0.4, 0.5) is 10.5 Å². The SMILES string of the molecule is C[C@H](NC(=O)Nc1ccc(Cl)cc1)C(=O)N1CCc2ccccc2C1. The van der Waals surface area contributed by atoms with Crippen molar-refractivity contribution in [1.29, 1.82) is 0 Å². The van der Waals surface area contributed by atoms with Gasteiger partial charge in [0.1, 0.15) is 6.04 Å². The van der Waals surface area contributed by atoms with E-state index in [1.165, 1.54) is 11.1 Å². The average molecular weight is 358 g/mol. The maximum absolute atomic E-state index is 12.6. The number of nitrogens with zero attached hydrogens (tertiary/aromatic N) is 1. The first-order chi connectivity index (χ1) is 12.0. The first-order valence-corrected chi connectivity index (χ1v) is 8.59. The molecule has 0 radical (unpaired) electrons. The molecule has 130 valence electrons. The minimum absolute atomic E-state index is 0.0826. The number of anilines is 1. The second-order valence-corrected chi connectivity index (χ2v) is 6.54. The fourth-order valence-electron chi connectivity index (χ4n) is 2.92. The van der Waals surface area contributed by atoms with Gasteiger partial charge in [-0.05, 0) is 48.7 Å². The number of carbonyl (C=O) groups excluding carboxylic acids is 2. The molecule has 1 atom stereocenters. The number of rotatable bonds is 3.